The van der Waals surface area contributed by atoms with Crippen LogP contribution >= 0.6 is 23.4 Å². The molecular formula is C20H20ClN3O3S. The van der Waals surface area contributed by atoms with Gasteiger partial charge in [-0.3, -0.25) is 4.79 Å². The highest BCUT2D eigenvalue weighted by molar-refractivity contribution is 8.00. The SMILES string of the molecule is COc1cc(OC)c(NC(=O)C(C)Sc2nc3c(cc2C#N)CCC3)cc1Cl. The van der Waals surface area contributed by atoms with E-state index in [2.05, 4.69) is 16.4 Å². The third kappa shape index (κ3) is 4.18. The van der Waals surface area contributed by atoms with Crippen molar-refractivity contribution in [2.75, 3.05) is 19.5 Å². The van der Waals surface area contributed by atoms with E-state index in [0.29, 0.717) is 32.8 Å². The first-order valence-corrected chi connectivity index (χ1v) is 10.0. The van der Waals surface area contributed by atoms with Crippen molar-refractivity contribution in [2.24, 2.45) is 0 Å². The van der Waals surface area contributed by atoms with Crippen LogP contribution in [-0.4, -0.2) is 30.4 Å². The van der Waals surface area contributed by atoms with E-state index in [1.54, 1.807) is 19.1 Å². The van der Waals surface area contributed by atoms with Crippen LogP contribution in [0.2, 0.25) is 5.02 Å². The zero-order valence-electron chi connectivity index (χ0n) is 15.8. The van der Waals surface area contributed by atoms with Crippen molar-refractivity contribution in [3.8, 4) is 17.6 Å². The lowest BCUT2D eigenvalue weighted by atomic mass is 10.2. The second-order valence-corrected chi connectivity index (χ2v) is 8.09. The molecule has 146 valence electrons. The molecule has 1 unspecified atom stereocenters. The summed E-state index contributed by atoms with van der Waals surface area (Å²) in [6, 6.07) is 7.29. The molecule has 0 bridgehead atoms. The van der Waals surface area contributed by atoms with E-state index in [9.17, 15) is 10.1 Å². The number of carbonyl (C=O) groups excluding carboxylic acids is 1. The Balaban J connectivity index is 1.78. The summed E-state index contributed by atoms with van der Waals surface area (Å²) in [6.07, 6.45) is 2.92. The highest BCUT2D eigenvalue weighted by Gasteiger charge is 2.22. The minimum absolute atomic E-state index is 0.240. The fraction of sp³-hybridized carbons (Fsp3) is 0.350. The Morgan fingerprint density at radius 2 is 2.04 bits per heavy atom. The number of thioether (sulfide) groups is 1. The number of methoxy groups -OCH3 is 2. The van der Waals surface area contributed by atoms with Crippen molar-refractivity contribution in [2.45, 2.75) is 36.5 Å². The molecule has 1 N–H and O–H groups in total. The van der Waals surface area contributed by atoms with Crippen molar-refractivity contribution in [1.29, 1.82) is 5.26 Å². The molecule has 0 saturated heterocycles. The number of ether oxygens (including phenoxy) is 2. The fourth-order valence-electron chi connectivity index (χ4n) is 3.04. The Morgan fingerprint density at radius 3 is 2.71 bits per heavy atom. The number of aromatic nitrogens is 1. The summed E-state index contributed by atoms with van der Waals surface area (Å²) < 4.78 is 10.5. The van der Waals surface area contributed by atoms with Gasteiger partial charge in [-0.2, -0.15) is 5.26 Å². The topological polar surface area (TPSA) is 84.2 Å². The van der Waals surface area contributed by atoms with Gasteiger partial charge in [0.2, 0.25) is 5.91 Å². The zero-order valence-corrected chi connectivity index (χ0v) is 17.4. The number of benzene rings is 1. The number of halogens is 1. The lowest BCUT2D eigenvalue weighted by Gasteiger charge is -2.16. The van der Waals surface area contributed by atoms with Crippen LogP contribution in [0.15, 0.2) is 23.2 Å². The smallest absolute Gasteiger partial charge is 0.237 e. The van der Waals surface area contributed by atoms with E-state index < -0.39 is 5.25 Å². The highest BCUT2D eigenvalue weighted by atomic mass is 35.5. The number of anilines is 1. The summed E-state index contributed by atoms with van der Waals surface area (Å²) in [6.45, 7) is 1.77. The van der Waals surface area contributed by atoms with Gasteiger partial charge in [-0.1, -0.05) is 23.4 Å². The van der Waals surface area contributed by atoms with Crippen LogP contribution in [0.3, 0.4) is 0 Å². The Morgan fingerprint density at radius 1 is 1.29 bits per heavy atom. The van der Waals surface area contributed by atoms with Gasteiger partial charge in [-0.15, -0.1) is 0 Å². The molecule has 0 radical (unpaired) electrons. The molecule has 8 heteroatoms. The maximum absolute atomic E-state index is 12.7. The largest absolute Gasteiger partial charge is 0.495 e. The Kier molecular flexibility index (Phi) is 6.32. The van der Waals surface area contributed by atoms with Crippen molar-refractivity contribution < 1.29 is 14.3 Å². The Labute approximate surface area is 173 Å². The van der Waals surface area contributed by atoms with Crippen LogP contribution in [0, 0.1) is 11.3 Å². The number of pyridine rings is 1. The predicted octanol–water partition coefficient (Wildman–Crippen LogP) is 4.23. The molecule has 1 aliphatic rings. The van der Waals surface area contributed by atoms with Crippen LogP contribution in [0.1, 0.15) is 30.2 Å². The van der Waals surface area contributed by atoms with E-state index in [-0.39, 0.29) is 5.91 Å². The Hall–Kier alpha value is -2.43. The molecular weight excluding hydrogens is 398 g/mol. The molecule has 1 aromatic heterocycles. The molecule has 0 spiro atoms. The monoisotopic (exact) mass is 417 g/mol. The first-order chi connectivity index (χ1) is 13.5. The molecule has 1 atom stereocenters. The number of carbonyl (C=O) groups is 1. The number of fused-ring (bicyclic) bond motifs is 1. The number of nitriles is 1. The number of nitrogens with one attached hydrogen (secondary N) is 1. The molecule has 0 saturated carbocycles. The number of amides is 1. The lowest BCUT2D eigenvalue weighted by Crippen LogP contribution is -2.23. The average molecular weight is 418 g/mol. The van der Waals surface area contributed by atoms with Crippen LogP contribution in [0.4, 0.5) is 5.69 Å². The van der Waals surface area contributed by atoms with Gasteiger partial charge in [0.15, 0.2) is 0 Å². The number of aryl methyl sites for hydroxylation is 2. The molecule has 0 fully saturated rings. The molecule has 1 amide bonds. The summed E-state index contributed by atoms with van der Waals surface area (Å²) in [7, 11) is 3.01. The summed E-state index contributed by atoms with van der Waals surface area (Å²) in [5, 5.41) is 12.8. The number of nitrogens with zero attached hydrogens (tertiary/aromatic N) is 2. The minimum Gasteiger partial charge on any atom is -0.495 e. The second-order valence-electron chi connectivity index (χ2n) is 6.35. The third-order valence-corrected chi connectivity index (χ3v) is 5.92. The molecule has 0 aliphatic heterocycles. The molecule has 3 rings (SSSR count). The fourth-order valence-corrected chi connectivity index (χ4v) is 4.17. The van der Waals surface area contributed by atoms with Gasteiger partial charge < -0.3 is 14.8 Å². The normalized spacial score (nSPS) is 13.4. The summed E-state index contributed by atoms with van der Waals surface area (Å²) in [5.74, 6) is 0.663. The van der Waals surface area contributed by atoms with Gasteiger partial charge in [-0.25, -0.2) is 4.98 Å². The quantitative estimate of drug-likeness (QED) is 0.708. The molecule has 1 aliphatic carbocycles. The minimum atomic E-state index is -0.468. The summed E-state index contributed by atoms with van der Waals surface area (Å²) >= 11 is 7.43. The van der Waals surface area contributed by atoms with Gasteiger partial charge in [0.25, 0.3) is 0 Å². The van der Waals surface area contributed by atoms with Crippen molar-refractivity contribution in [3.05, 3.63) is 40.0 Å². The molecule has 1 aromatic carbocycles. The van der Waals surface area contributed by atoms with E-state index >= 15 is 0 Å². The van der Waals surface area contributed by atoms with Crippen LogP contribution in [0.5, 0.6) is 11.5 Å². The maximum atomic E-state index is 12.7. The van der Waals surface area contributed by atoms with Crippen LogP contribution in [0.25, 0.3) is 0 Å². The Bertz CT molecular complexity index is 959. The molecule has 28 heavy (non-hydrogen) atoms. The van der Waals surface area contributed by atoms with Crippen molar-refractivity contribution in [1.82, 2.24) is 4.98 Å². The third-order valence-electron chi connectivity index (χ3n) is 4.53. The maximum Gasteiger partial charge on any atom is 0.237 e. The van der Waals surface area contributed by atoms with E-state index in [1.165, 1.54) is 26.0 Å². The first-order valence-electron chi connectivity index (χ1n) is 8.78. The lowest BCUT2D eigenvalue weighted by molar-refractivity contribution is -0.115. The second kappa shape index (κ2) is 8.72. The van der Waals surface area contributed by atoms with Gasteiger partial charge in [0.1, 0.15) is 22.6 Å². The van der Waals surface area contributed by atoms with E-state index in [1.807, 2.05) is 6.07 Å². The van der Waals surface area contributed by atoms with Crippen LogP contribution in [-0.2, 0) is 17.6 Å². The zero-order chi connectivity index (χ0) is 20.3. The standard InChI is InChI=1S/C20H20ClN3O3S/c1-11(28-20-13(10-22)7-12-5-4-6-15(12)24-20)19(25)23-16-8-14(21)17(26-2)9-18(16)27-3/h7-9,11H,4-6H2,1-3H3,(H,23,25). The van der Waals surface area contributed by atoms with Gasteiger partial charge >= 0.3 is 0 Å². The van der Waals surface area contributed by atoms with Crippen LogP contribution < -0.4 is 14.8 Å². The van der Waals surface area contributed by atoms with Gasteiger partial charge in [-0.05, 0) is 43.9 Å². The van der Waals surface area contributed by atoms with Gasteiger partial charge in [0.05, 0.1) is 35.7 Å². The van der Waals surface area contributed by atoms with Crippen molar-refractivity contribution >= 4 is 35.0 Å². The highest BCUT2D eigenvalue weighted by Crippen LogP contribution is 2.37. The van der Waals surface area contributed by atoms with E-state index in [4.69, 9.17) is 21.1 Å². The number of hydrogen-bond donors (Lipinski definition) is 1. The summed E-state index contributed by atoms with van der Waals surface area (Å²) in [5.41, 5.74) is 3.12. The number of rotatable bonds is 6. The first kappa shape index (κ1) is 20.3. The molecule has 1 heterocycles. The molecule has 6 nitrogen and oxygen atoms in total. The predicted molar refractivity (Wildman–Crippen MR) is 109 cm³/mol. The van der Waals surface area contributed by atoms with Crippen molar-refractivity contribution in [3.63, 3.8) is 0 Å². The summed E-state index contributed by atoms with van der Waals surface area (Å²) in [4.78, 5) is 17.3. The van der Waals surface area contributed by atoms with Gasteiger partial charge in [0, 0.05) is 11.8 Å². The van der Waals surface area contributed by atoms with E-state index in [0.717, 1.165) is 30.5 Å². The average Bonchev–Trinajstić information content (AvgIpc) is 3.14. The molecule has 2 aromatic rings. The number of hydrogen-bond acceptors (Lipinski definition) is 6.